The van der Waals surface area contributed by atoms with Gasteiger partial charge in [-0.15, -0.1) is 0 Å². The number of carbonyl (C=O) groups is 3. The first kappa shape index (κ1) is 21.6. The summed E-state index contributed by atoms with van der Waals surface area (Å²) in [5, 5.41) is 3.43. The normalized spacial score (nSPS) is 10.2. The van der Waals surface area contributed by atoms with Crippen LogP contribution in [-0.4, -0.2) is 30.9 Å². The van der Waals surface area contributed by atoms with E-state index >= 15 is 0 Å². The molecule has 0 bridgehead atoms. The van der Waals surface area contributed by atoms with Crippen molar-refractivity contribution in [2.75, 3.05) is 13.2 Å². The van der Waals surface area contributed by atoms with E-state index < -0.39 is 11.8 Å². The van der Waals surface area contributed by atoms with Gasteiger partial charge in [0.2, 0.25) is 11.8 Å². The third-order valence-electron chi connectivity index (χ3n) is 3.42. The van der Waals surface area contributed by atoms with Gasteiger partial charge in [-0.3, -0.25) is 25.2 Å². The van der Waals surface area contributed by atoms with Crippen LogP contribution < -0.4 is 20.9 Å². The van der Waals surface area contributed by atoms with Gasteiger partial charge in [-0.05, 0) is 36.8 Å². The molecule has 150 valence electrons. The van der Waals surface area contributed by atoms with Crippen LogP contribution in [0.25, 0.3) is 0 Å². The molecular formula is C18H19Cl2N3O5. The number of furan rings is 1. The van der Waals surface area contributed by atoms with Gasteiger partial charge in [-0.2, -0.15) is 0 Å². The first-order valence-electron chi connectivity index (χ1n) is 8.43. The molecule has 3 amide bonds. The molecule has 0 spiro atoms. The summed E-state index contributed by atoms with van der Waals surface area (Å²) in [6.45, 7) is 0.387. The molecule has 1 aromatic carbocycles. The number of hydrogen-bond acceptors (Lipinski definition) is 5. The molecular weight excluding hydrogens is 409 g/mol. The number of hydrogen-bond donors (Lipinski definition) is 3. The summed E-state index contributed by atoms with van der Waals surface area (Å²) in [4.78, 5) is 35.0. The largest absolute Gasteiger partial charge is 0.492 e. The molecule has 0 aliphatic rings. The Bertz CT molecular complexity index is 812. The number of nitrogens with one attached hydrogen (secondary N) is 3. The third-order valence-corrected chi connectivity index (χ3v) is 3.95. The Labute approximate surface area is 171 Å². The van der Waals surface area contributed by atoms with Gasteiger partial charge in [0, 0.05) is 24.4 Å². The van der Waals surface area contributed by atoms with Gasteiger partial charge in [-0.25, -0.2) is 0 Å². The molecule has 2 aromatic rings. The number of hydrazine groups is 1. The van der Waals surface area contributed by atoms with Crippen LogP contribution in [-0.2, 0) is 9.59 Å². The monoisotopic (exact) mass is 427 g/mol. The second-order valence-electron chi connectivity index (χ2n) is 5.61. The quantitative estimate of drug-likeness (QED) is 0.420. The summed E-state index contributed by atoms with van der Waals surface area (Å²) in [6, 6.07) is 7.97. The van der Waals surface area contributed by atoms with E-state index in [1.165, 1.54) is 12.3 Å². The topological polar surface area (TPSA) is 110 Å². The smallest absolute Gasteiger partial charge is 0.286 e. The Morgan fingerprint density at radius 1 is 1.04 bits per heavy atom. The van der Waals surface area contributed by atoms with Gasteiger partial charge >= 0.3 is 0 Å². The number of halogens is 2. The average Bonchev–Trinajstić information content (AvgIpc) is 3.20. The number of rotatable bonds is 9. The Morgan fingerprint density at radius 3 is 2.46 bits per heavy atom. The van der Waals surface area contributed by atoms with Crippen LogP contribution in [0.2, 0.25) is 10.0 Å². The molecule has 10 heteroatoms. The van der Waals surface area contributed by atoms with Gasteiger partial charge < -0.3 is 14.5 Å². The lowest BCUT2D eigenvalue weighted by molar-refractivity contribution is -0.128. The van der Waals surface area contributed by atoms with Crippen molar-refractivity contribution in [2.24, 2.45) is 0 Å². The summed E-state index contributed by atoms with van der Waals surface area (Å²) in [6.07, 6.45) is 1.97. The van der Waals surface area contributed by atoms with Crippen LogP contribution in [0.1, 0.15) is 29.8 Å². The fraction of sp³-hybridized carbons (Fsp3) is 0.278. The molecule has 0 fully saturated rings. The Kier molecular flexibility index (Phi) is 8.64. The molecule has 0 atom stereocenters. The summed E-state index contributed by atoms with van der Waals surface area (Å²) in [5.74, 6) is -0.564. The highest BCUT2D eigenvalue weighted by molar-refractivity contribution is 6.35. The average molecular weight is 428 g/mol. The van der Waals surface area contributed by atoms with Crippen LogP contribution in [0.4, 0.5) is 0 Å². The number of benzene rings is 1. The van der Waals surface area contributed by atoms with Crippen LogP contribution >= 0.6 is 23.2 Å². The molecule has 0 aliphatic carbocycles. The zero-order chi connectivity index (χ0) is 20.4. The molecule has 3 N–H and O–H groups in total. The lowest BCUT2D eigenvalue weighted by Gasteiger charge is -2.09. The molecule has 0 unspecified atom stereocenters. The molecule has 0 radical (unpaired) electrons. The minimum Gasteiger partial charge on any atom is -0.492 e. The van der Waals surface area contributed by atoms with E-state index in [0.717, 1.165) is 0 Å². The van der Waals surface area contributed by atoms with Crippen LogP contribution in [0.3, 0.4) is 0 Å². The number of carbonyl (C=O) groups excluding carboxylic acids is 3. The molecule has 1 aromatic heterocycles. The van der Waals surface area contributed by atoms with Gasteiger partial charge in [-0.1, -0.05) is 23.2 Å². The van der Waals surface area contributed by atoms with Gasteiger partial charge in [0.25, 0.3) is 5.91 Å². The SMILES string of the molecule is O=C(CCCOc1ccc(Cl)cc1Cl)NNC(=O)CCNC(=O)c1ccco1. The summed E-state index contributed by atoms with van der Waals surface area (Å²) < 4.78 is 10.4. The van der Waals surface area contributed by atoms with Crippen LogP contribution in [0.5, 0.6) is 5.75 Å². The minimum absolute atomic E-state index is 0.00487. The highest BCUT2D eigenvalue weighted by atomic mass is 35.5. The third kappa shape index (κ3) is 7.50. The maximum absolute atomic E-state index is 11.7. The predicted molar refractivity (Wildman–Crippen MR) is 103 cm³/mol. The summed E-state index contributed by atoms with van der Waals surface area (Å²) in [5.41, 5.74) is 4.57. The van der Waals surface area contributed by atoms with Gasteiger partial charge in [0.1, 0.15) is 5.75 Å². The Morgan fingerprint density at radius 2 is 1.79 bits per heavy atom. The molecule has 1 heterocycles. The van der Waals surface area contributed by atoms with Crippen molar-refractivity contribution in [3.63, 3.8) is 0 Å². The van der Waals surface area contributed by atoms with Crippen molar-refractivity contribution in [3.8, 4) is 5.75 Å². The van der Waals surface area contributed by atoms with Crippen molar-refractivity contribution >= 4 is 40.9 Å². The summed E-state index contributed by atoms with van der Waals surface area (Å²) in [7, 11) is 0. The second-order valence-corrected chi connectivity index (χ2v) is 6.45. The zero-order valence-electron chi connectivity index (χ0n) is 14.8. The molecule has 2 rings (SSSR count). The number of ether oxygens (including phenoxy) is 1. The fourth-order valence-electron chi connectivity index (χ4n) is 2.06. The summed E-state index contributed by atoms with van der Waals surface area (Å²) >= 11 is 11.8. The van der Waals surface area contributed by atoms with E-state index in [1.807, 2.05) is 0 Å². The van der Waals surface area contributed by atoms with E-state index in [-0.39, 0.29) is 37.7 Å². The lowest BCUT2D eigenvalue weighted by Crippen LogP contribution is -2.42. The molecule has 8 nitrogen and oxygen atoms in total. The Hall–Kier alpha value is -2.71. The first-order chi connectivity index (χ1) is 13.5. The first-order valence-corrected chi connectivity index (χ1v) is 9.18. The minimum atomic E-state index is -0.433. The van der Waals surface area contributed by atoms with Crippen molar-refractivity contribution < 1.29 is 23.5 Å². The van der Waals surface area contributed by atoms with E-state index in [1.54, 1.807) is 24.3 Å². The van der Waals surface area contributed by atoms with Crippen LogP contribution in [0, 0.1) is 0 Å². The fourth-order valence-corrected chi connectivity index (χ4v) is 2.52. The highest BCUT2D eigenvalue weighted by Gasteiger charge is 2.09. The van der Waals surface area contributed by atoms with Crippen LogP contribution in [0.15, 0.2) is 41.0 Å². The maximum Gasteiger partial charge on any atom is 0.286 e. The van der Waals surface area contributed by atoms with E-state index in [4.69, 9.17) is 32.4 Å². The maximum atomic E-state index is 11.7. The Balaban J connectivity index is 1.54. The van der Waals surface area contributed by atoms with Crippen molar-refractivity contribution in [3.05, 3.63) is 52.4 Å². The van der Waals surface area contributed by atoms with E-state index in [9.17, 15) is 14.4 Å². The standard InChI is InChI=1S/C18H19Cl2N3O5/c19-12-5-6-14(13(20)11-12)27-10-2-4-16(24)22-23-17(25)7-8-21-18(26)15-3-1-9-28-15/h1,3,5-6,9,11H,2,4,7-8,10H2,(H,21,26)(H,22,24)(H,23,25). The van der Waals surface area contributed by atoms with E-state index in [2.05, 4.69) is 16.2 Å². The lowest BCUT2D eigenvalue weighted by atomic mass is 10.3. The van der Waals surface area contributed by atoms with Crippen molar-refractivity contribution in [1.29, 1.82) is 0 Å². The molecule has 0 saturated carbocycles. The van der Waals surface area contributed by atoms with Gasteiger partial charge in [0.15, 0.2) is 5.76 Å². The second kappa shape index (κ2) is 11.2. The predicted octanol–water partition coefficient (Wildman–Crippen LogP) is 2.71. The zero-order valence-corrected chi connectivity index (χ0v) is 16.3. The molecule has 28 heavy (non-hydrogen) atoms. The van der Waals surface area contributed by atoms with E-state index in [0.29, 0.717) is 22.2 Å². The van der Waals surface area contributed by atoms with Gasteiger partial charge in [0.05, 0.1) is 17.9 Å². The van der Waals surface area contributed by atoms with Crippen molar-refractivity contribution in [1.82, 2.24) is 16.2 Å². The highest BCUT2D eigenvalue weighted by Crippen LogP contribution is 2.27. The molecule has 0 saturated heterocycles. The van der Waals surface area contributed by atoms with Crippen molar-refractivity contribution in [2.45, 2.75) is 19.3 Å². The number of amides is 3. The molecule has 0 aliphatic heterocycles.